The zero-order chi connectivity index (χ0) is 19.4. The van der Waals surface area contributed by atoms with Crippen molar-refractivity contribution in [3.05, 3.63) is 56.1 Å². The van der Waals surface area contributed by atoms with Gasteiger partial charge in [0.1, 0.15) is 5.75 Å². The van der Waals surface area contributed by atoms with Gasteiger partial charge < -0.3 is 15.5 Å². The Morgan fingerprint density at radius 3 is 2.58 bits per heavy atom. The minimum absolute atomic E-state index is 0.0607. The summed E-state index contributed by atoms with van der Waals surface area (Å²) >= 11 is 17.0. The molecule has 0 aliphatic carbocycles. The van der Waals surface area contributed by atoms with Crippen molar-refractivity contribution in [3.63, 3.8) is 0 Å². The van der Waals surface area contributed by atoms with Gasteiger partial charge in [0.05, 0.1) is 21.3 Å². The molecule has 0 bridgehead atoms. The van der Waals surface area contributed by atoms with Gasteiger partial charge in [0.15, 0.2) is 10.9 Å². The van der Waals surface area contributed by atoms with Crippen LogP contribution >= 0.6 is 35.4 Å². The third-order valence-corrected chi connectivity index (χ3v) is 3.94. The van der Waals surface area contributed by atoms with Crippen molar-refractivity contribution in [2.75, 3.05) is 5.32 Å². The summed E-state index contributed by atoms with van der Waals surface area (Å²) in [7, 11) is 0. The van der Waals surface area contributed by atoms with E-state index in [-0.39, 0.29) is 22.1 Å². The molecule has 0 amide bonds. The van der Waals surface area contributed by atoms with Gasteiger partial charge in [0.25, 0.3) is 0 Å². The minimum atomic E-state index is -0.772. The molecule has 2 aromatic carbocycles. The van der Waals surface area contributed by atoms with E-state index in [1.165, 1.54) is 6.92 Å². The molecule has 11 heteroatoms. The molecule has 0 aliphatic heterocycles. The van der Waals surface area contributed by atoms with E-state index in [2.05, 4.69) is 15.8 Å². The van der Waals surface area contributed by atoms with Gasteiger partial charge in [-0.3, -0.25) is 15.5 Å². The molecule has 0 aromatic heterocycles. The molecule has 0 saturated carbocycles. The molecule has 0 saturated heterocycles. The van der Waals surface area contributed by atoms with Crippen LogP contribution in [-0.2, 0) is 0 Å². The Hall–Kier alpha value is -2.62. The molecule has 2 aromatic rings. The fourth-order valence-electron chi connectivity index (χ4n) is 1.94. The Balaban J connectivity index is 2.17. The Labute approximate surface area is 163 Å². The van der Waals surface area contributed by atoms with Crippen LogP contribution in [0.25, 0.3) is 0 Å². The SMILES string of the molecule is C/C(=N\NC(=S)Nc1cc(Cl)ccc1Cl)c1cc([N+](=O)[O-])c(O)cc1O. The van der Waals surface area contributed by atoms with Crippen LogP contribution in [-0.4, -0.2) is 26.0 Å². The number of hydrogen-bond donors (Lipinski definition) is 4. The highest BCUT2D eigenvalue weighted by molar-refractivity contribution is 7.80. The molecule has 0 fully saturated rings. The van der Waals surface area contributed by atoms with E-state index in [1.54, 1.807) is 18.2 Å². The summed E-state index contributed by atoms with van der Waals surface area (Å²) in [6, 6.07) is 6.67. The lowest BCUT2D eigenvalue weighted by Crippen LogP contribution is -2.25. The topological polar surface area (TPSA) is 120 Å². The number of phenols is 2. The van der Waals surface area contributed by atoms with Crippen LogP contribution in [0.5, 0.6) is 11.5 Å². The maximum absolute atomic E-state index is 10.9. The summed E-state index contributed by atoms with van der Waals surface area (Å²) in [5.41, 5.74) is 2.70. The normalized spacial score (nSPS) is 11.1. The van der Waals surface area contributed by atoms with Crippen molar-refractivity contribution in [3.8, 4) is 11.5 Å². The fourth-order valence-corrected chi connectivity index (χ4v) is 2.43. The van der Waals surface area contributed by atoms with Crippen LogP contribution < -0.4 is 10.7 Å². The maximum atomic E-state index is 10.9. The first kappa shape index (κ1) is 19.7. The molecule has 2 rings (SSSR count). The van der Waals surface area contributed by atoms with Crippen molar-refractivity contribution in [1.82, 2.24) is 5.43 Å². The average molecular weight is 415 g/mol. The third kappa shape index (κ3) is 4.72. The lowest BCUT2D eigenvalue weighted by Gasteiger charge is -2.10. The Kier molecular flexibility index (Phi) is 6.19. The zero-order valence-electron chi connectivity index (χ0n) is 13.2. The molecule has 0 heterocycles. The number of hydrazone groups is 1. The van der Waals surface area contributed by atoms with Gasteiger partial charge in [-0.05, 0) is 37.3 Å². The molecule has 0 aliphatic rings. The molecule has 4 N–H and O–H groups in total. The molecule has 26 heavy (non-hydrogen) atoms. The molecule has 8 nitrogen and oxygen atoms in total. The second-order valence-corrected chi connectivity index (χ2v) is 6.25. The van der Waals surface area contributed by atoms with E-state index < -0.39 is 16.4 Å². The van der Waals surface area contributed by atoms with Crippen LogP contribution in [0.2, 0.25) is 10.0 Å². The second kappa shape index (κ2) is 8.17. The van der Waals surface area contributed by atoms with Crippen LogP contribution in [0, 0.1) is 10.1 Å². The minimum Gasteiger partial charge on any atom is -0.507 e. The fraction of sp³-hybridized carbons (Fsp3) is 0.0667. The predicted molar refractivity (Wildman–Crippen MR) is 104 cm³/mol. The molecule has 136 valence electrons. The van der Waals surface area contributed by atoms with Gasteiger partial charge in [-0.2, -0.15) is 5.10 Å². The molecule has 0 spiro atoms. The molecule has 0 atom stereocenters. The average Bonchev–Trinajstić information content (AvgIpc) is 2.55. The first-order chi connectivity index (χ1) is 12.2. The zero-order valence-corrected chi connectivity index (χ0v) is 15.5. The molecule has 0 radical (unpaired) electrons. The first-order valence-electron chi connectivity index (χ1n) is 6.96. The standard InChI is InChI=1S/C15H12Cl2N4O4S/c1-7(9-5-12(21(24)25)14(23)6-13(9)22)19-20-15(26)18-11-4-8(16)2-3-10(11)17/h2-6,22-23H,1H3,(H2,18,20,26)/b19-7+. The summed E-state index contributed by atoms with van der Waals surface area (Å²) in [4.78, 5) is 10.1. The number of aromatic hydroxyl groups is 2. The van der Waals surface area contributed by atoms with Crippen molar-refractivity contribution in [2.45, 2.75) is 6.92 Å². The van der Waals surface area contributed by atoms with E-state index in [1.807, 2.05) is 0 Å². The number of halogens is 2. The number of nitrogens with zero attached hydrogens (tertiary/aromatic N) is 2. The van der Waals surface area contributed by atoms with Crippen LogP contribution in [0.15, 0.2) is 35.4 Å². The van der Waals surface area contributed by atoms with Crippen molar-refractivity contribution >= 4 is 57.6 Å². The summed E-state index contributed by atoms with van der Waals surface area (Å²) in [6.07, 6.45) is 0. The monoisotopic (exact) mass is 414 g/mol. The van der Waals surface area contributed by atoms with Crippen molar-refractivity contribution in [2.24, 2.45) is 5.10 Å². The van der Waals surface area contributed by atoms with Gasteiger partial charge >= 0.3 is 5.69 Å². The summed E-state index contributed by atoms with van der Waals surface area (Å²) in [6.45, 7) is 1.50. The van der Waals surface area contributed by atoms with E-state index in [9.17, 15) is 20.3 Å². The second-order valence-electron chi connectivity index (χ2n) is 5.00. The highest BCUT2D eigenvalue weighted by Gasteiger charge is 2.19. The van der Waals surface area contributed by atoms with Crippen molar-refractivity contribution in [1.29, 1.82) is 0 Å². The highest BCUT2D eigenvalue weighted by atomic mass is 35.5. The Bertz CT molecular complexity index is 921. The number of nitrogens with one attached hydrogen (secondary N) is 2. The largest absolute Gasteiger partial charge is 0.507 e. The van der Waals surface area contributed by atoms with E-state index in [4.69, 9.17) is 35.4 Å². The summed E-state index contributed by atoms with van der Waals surface area (Å²) in [5, 5.41) is 37.9. The summed E-state index contributed by atoms with van der Waals surface area (Å²) < 4.78 is 0. The Morgan fingerprint density at radius 1 is 1.23 bits per heavy atom. The number of nitro benzene ring substituents is 1. The summed E-state index contributed by atoms with van der Waals surface area (Å²) in [5.74, 6) is -1.02. The van der Waals surface area contributed by atoms with E-state index in [0.29, 0.717) is 15.7 Å². The van der Waals surface area contributed by atoms with Crippen LogP contribution in [0.3, 0.4) is 0 Å². The number of rotatable bonds is 4. The lowest BCUT2D eigenvalue weighted by molar-refractivity contribution is -0.385. The first-order valence-corrected chi connectivity index (χ1v) is 8.12. The molecule has 0 unspecified atom stereocenters. The number of hydrogen-bond acceptors (Lipinski definition) is 6. The van der Waals surface area contributed by atoms with Gasteiger partial charge in [0, 0.05) is 22.7 Å². The number of benzene rings is 2. The number of nitro groups is 1. The smallest absolute Gasteiger partial charge is 0.311 e. The van der Waals surface area contributed by atoms with Crippen LogP contribution in [0.1, 0.15) is 12.5 Å². The van der Waals surface area contributed by atoms with E-state index >= 15 is 0 Å². The predicted octanol–water partition coefficient (Wildman–Crippen LogP) is 4.02. The highest BCUT2D eigenvalue weighted by Crippen LogP contribution is 2.33. The van der Waals surface area contributed by atoms with Gasteiger partial charge in [-0.25, -0.2) is 0 Å². The lowest BCUT2D eigenvalue weighted by atomic mass is 10.1. The number of phenolic OH excluding ortho intramolecular Hbond substituents is 2. The number of thiocarbonyl (C=S) groups is 1. The van der Waals surface area contributed by atoms with E-state index in [0.717, 1.165) is 12.1 Å². The van der Waals surface area contributed by atoms with Gasteiger partial charge in [-0.15, -0.1) is 0 Å². The van der Waals surface area contributed by atoms with Crippen molar-refractivity contribution < 1.29 is 15.1 Å². The molecular formula is C15H12Cl2N4O4S. The quantitative estimate of drug-likeness (QED) is 0.258. The van der Waals surface area contributed by atoms with Gasteiger partial charge in [-0.1, -0.05) is 23.2 Å². The number of anilines is 1. The molecular weight excluding hydrogens is 403 g/mol. The van der Waals surface area contributed by atoms with Gasteiger partial charge in [0.2, 0.25) is 0 Å². The maximum Gasteiger partial charge on any atom is 0.311 e. The Morgan fingerprint density at radius 2 is 1.92 bits per heavy atom. The third-order valence-electron chi connectivity index (χ3n) is 3.18. The van der Waals surface area contributed by atoms with Crippen LogP contribution in [0.4, 0.5) is 11.4 Å².